The zero-order valence-electron chi connectivity index (χ0n) is 6.33. The van der Waals surface area contributed by atoms with Crippen molar-refractivity contribution in [1.29, 1.82) is 0 Å². The lowest BCUT2D eigenvalue weighted by Gasteiger charge is -2.03. The Labute approximate surface area is 56.9 Å². The van der Waals surface area contributed by atoms with Crippen LogP contribution in [0.2, 0.25) is 0 Å². The van der Waals surface area contributed by atoms with Gasteiger partial charge >= 0.3 is 0 Å². The van der Waals surface area contributed by atoms with E-state index in [1.54, 1.807) is 5.01 Å². The molecule has 0 unspecified atom stereocenters. The summed E-state index contributed by atoms with van der Waals surface area (Å²) in [4.78, 5) is 0. The maximum atomic E-state index is 4.05. The Morgan fingerprint density at radius 3 is 2.67 bits per heavy atom. The Balaban J connectivity index is 3.48. The minimum atomic E-state index is 0.988. The summed E-state index contributed by atoms with van der Waals surface area (Å²) in [6, 6.07) is 0. The van der Waals surface area contributed by atoms with E-state index >= 15 is 0 Å². The molecule has 0 rings (SSSR count). The molecule has 0 amide bonds. The van der Waals surface area contributed by atoms with Gasteiger partial charge in [0, 0.05) is 19.5 Å². The second kappa shape index (κ2) is 5.35. The summed E-state index contributed by atoms with van der Waals surface area (Å²) in [5.41, 5.74) is 0. The van der Waals surface area contributed by atoms with E-state index in [2.05, 4.69) is 12.0 Å². The first-order valence-electron chi connectivity index (χ1n) is 3.19. The molecule has 0 aliphatic rings. The van der Waals surface area contributed by atoms with Crippen molar-refractivity contribution in [3.63, 3.8) is 0 Å². The Hall–Kier alpha value is -0.790. The highest BCUT2D eigenvalue weighted by Crippen LogP contribution is 1.83. The highest BCUT2D eigenvalue weighted by molar-refractivity contribution is 5.56. The summed E-state index contributed by atoms with van der Waals surface area (Å²) in [6.45, 7) is 4.03. The second-order valence-electron chi connectivity index (χ2n) is 1.76. The molecule has 52 valence electrons. The number of hydrogen-bond donors (Lipinski definition) is 0. The van der Waals surface area contributed by atoms with Crippen LogP contribution >= 0.6 is 0 Å². The second-order valence-corrected chi connectivity index (χ2v) is 1.76. The van der Waals surface area contributed by atoms with E-state index in [1.807, 2.05) is 32.5 Å². The largest absolute Gasteiger partial charge is 0.277 e. The predicted molar refractivity (Wildman–Crippen MR) is 41.4 cm³/mol. The molecule has 0 aromatic heterocycles. The average molecular weight is 126 g/mol. The summed E-state index contributed by atoms with van der Waals surface area (Å²) in [7, 11) is 1.91. The zero-order valence-corrected chi connectivity index (χ0v) is 6.33. The highest BCUT2D eigenvalue weighted by atomic mass is 15.4. The van der Waals surface area contributed by atoms with Crippen LogP contribution in [-0.2, 0) is 0 Å². The van der Waals surface area contributed by atoms with Gasteiger partial charge in [0.15, 0.2) is 0 Å². The molecular weight excluding hydrogens is 112 g/mol. The van der Waals surface area contributed by atoms with Crippen LogP contribution in [0, 0.1) is 0 Å². The van der Waals surface area contributed by atoms with Gasteiger partial charge in [-0.05, 0) is 13.3 Å². The van der Waals surface area contributed by atoms with Crippen LogP contribution in [0.3, 0.4) is 0 Å². The fraction of sp³-hybridized carbons (Fsp3) is 0.571. The number of hydrazone groups is 1. The molecule has 0 saturated heterocycles. The van der Waals surface area contributed by atoms with Gasteiger partial charge in [-0.2, -0.15) is 5.10 Å². The van der Waals surface area contributed by atoms with E-state index in [0.717, 1.165) is 6.42 Å². The predicted octanol–water partition coefficient (Wildman–Crippen LogP) is 1.85. The third-order valence-corrected chi connectivity index (χ3v) is 0.811. The number of rotatable bonds is 3. The Bertz CT molecular complexity index is 105. The van der Waals surface area contributed by atoms with Crippen molar-refractivity contribution in [1.82, 2.24) is 5.01 Å². The fourth-order valence-electron chi connectivity index (χ4n) is 0.465. The van der Waals surface area contributed by atoms with Crippen molar-refractivity contribution in [3.8, 4) is 0 Å². The van der Waals surface area contributed by atoms with Gasteiger partial charge in [0.25, 0.3) is 0 Å². The average Bonchev–Trinajstić information content (AvgIpc) is 1.85. The molecule has 0 bridgehead atoms. The van der Waals surface area contributed by atoms with Crippen LogP contribution in [0.5, 0.6) is 0 Å². The molecule has 0 aromatic carbocycles. The lowest BCUT2D eigenvalue weighted by Crippen LogP contribution is -1.99. The fourth-order valence-corrected chi connectivity index (χ4v) is 0.465. The molecule has 0 atom stereocenters. The molecule has 0 saturated carbocycles. The molecular formula is C7H14N2. The number of nitrogens with zero attached hydrogens (tertiary/aromatic N) is 2. The summed E-state index contributed by atoms with van der Waals surface area (Å²) in [5, 5.41) is 5.84. The quantitative estimate of drug-likeness (QED) is 0.416. The molecule has 0 N–H and O–H groups in total. The molecule has 0 spiro atoms. The van der Waals surface area contributed by atoms with E-state index in [9.17, 15) is 0 Å². The van der Waals surface area contributed by atoms with Gasteiger partial charge in [-0.15, -0.1) is 0 Å². The number of hydrogen-bond acceptors (Lipinski definition) is 2. The van der Waals surface area contributed by atoms with Gasteiger partial charge in [0.1, 0.15) is 0 Å². The highest BCUT2D eigenvalue weighted by Gasteiger charge is 1.76. The Kier molecular flexibility index (Phi) is 4.88. The van der Waals surface area contributed by atoms with Crippen LogP contribution in [0.25, 0.3) is 0 Å². The van der Waals surface area contributed by atoms with Gasteiger partial charge in [0.2, 0.25) is 0 Å². The minimum Gasteiger partial charge on any atom is -0.277 e. The van der Waals surface area contributed by atoms with Gasteiger partial charge in [-0.1, -0.05) is 13.0 Å². The molecule has 0 heterocycles. The van der Waals surface area contributed by atoms with Crippen molar-refractivity contribution in [2.75, 3.05) is 7.05 Å². The molecule has 2 heteroatoms. The topological polar surface area (TPSA) is 15.6 Å². The van der Waals surface area contributed by atoms with Crippen LogP contribution in [-0.4, -0.2) is 18.3 Å². The maximum absolute atomic E-state index is 4.05. The third kappa shape index (κ3) is 5.07. The van der Waals surface area contributed by atoms with Crippen molar-refractivity contribution in [3.05, 3.63) is 12.3 Å². The molecule has 9 heavy (non-hydrogen) atoms. The SMILES string of the molecule is C/C=C\N(C)/N=C\CC. The smallest absolute Gasteiger partial charge is 0.0296 e. The van der Waals surface area contributed by atoms with Crippen LogP contribution in [0.1, 0.15) is 20.3 Å². The monoisotopic (exact) mass is 126 g/mol. The van der Waals surface area contributed by atoms with Crippen molar-refractivity contribution < 1.29 is 0 Å². The van der Waals surface area contributed by atoms with Gasteiger partial charge in [0.05, 0.1) is 0 Å². The third-order valence-electron chi connectivity index (χ3n) is 0.811. The van der Waals surface area contributed by atoms with Gasteiger partial charge in [-0.25, -0.2) is 0 Å². The van der Waals surface area contributed by atoms with Crippen molar-refractivity contribution >= 4 is 6.21 Å². The summed E-state index contributed by atoms with van der Waals surface area (Å²) in [6.07, 6.45) is 6.72. The standard InChI is InChI=1S/C7H14N2/c1-4-6-8-9(3)7-5-2/h5-7H,4H2,1-3H3/b7-5-,8-6-. The van der Waals surface area contributed by atoms with Crippen LogP contribution in [0.4, 0.5) is 0 Å². The first kappa shape index (κ1) is 8.21. The Morgan fingerprint density at radius 1 is 1.56 bits per heavy atom. The zero-order chi connectivity index (χ0) is 7.11. The summed E-state index contributed by atoms with van der Waals surface area (Å²) < 4.78 is 0. The van der Waals surface area contributed by atoms with Crippen LogP contribution < -0.4 is 0 Å². The maximum Gasteiger partial charge on any atom is 0.0296 e. The molecule has 0 radical (unpaired) electrons. The van der Waals surface area contributed by atoms with E-state index in [-0.39, 0.29) is 0 Å². The summed E-state index contributed by atoms with van der Waals surface area (Å²) in [5.74, 6) is 0. The number of allylic oxidation sites excluding steroid dienone is 1. The van der Waals surface area contributed by atoms with Crippen LogP contribution in [0.15, 0.2) is 17.4 Å². The van der Waals surface area contributed by atoms with Gasteiger partial charge < -0.3 is 0 Å². The molecule has 0 fully saturated rings. The first-order valence-corrected chi connectivity index (χ1v) is 3.19. The Morgan fingerprint density at radius 2 is 2.22 bits per heavy atom. The van der Waals surface area contributed by atoms with E-state index in [1.165, 1.54) is 0 Å². The summed E-state index contributed by atoms with van der Waals surface area (Å²) >= 11 is 0. The molecule has 0 aliphatic carbocycles. The van der Waals surface area contributed by atoms with E-state index < -0.39 is 0 Å². The van der Waals surface area contributed by atoms with E-state index in [0.29, 0.717) is 0 Å². The molecule has 0 aromatic rings. The first-order chi connectivity index (χ1) is 4.31. The lowest BCUT2D eigenvalue weighted by molar-refractivity contribution is 0.491. The molecule has 0 aliphatic heterocycles. The van der Waals surface area contributed by atoms with Gasteiger partial charge in [-0.3, -0.25) is 5.01 Å². The normalized spacial score (nSPS) is 11.4. The van der Waals surface area contributed by atoms with Crippen molar-refractivity contribution in [2.24, 2.45) is 5.10 Å². The lowest BCUT2D eigenvalue weighted by atomic mass is 10.5. The van der Waals surface area contributed by atoms with Crippen molar-refractivity contribution in [2.45, 2.75) is 20.3 Å². The molecule has 2 nitrogen and oxygen atoms in total. The van der Waals surface area contributed by atoms with E-state index in [4.69, 9.17) is 0 Å². The minimum absolute atomic E-state index is 0.988.